The molecule has 1 aromatic carbocycles. The highest BCUT2D eigenvalue weighted by atomic mass is 19.4. The Morgan fingerprint density at radius 1 is 1.17 bits per heavy atom. The number of carboxylic acid groups (broad SMARTS) is 1. The highest BCUT2D eigenvalue weighted by Crippen LogP contribution is 2.45. The predicted molar refractivity (Wildman–Crippen MR) is 74.3 cm³/mol. The molecule has 1 aromatic rings. The number of nitrogens with two attached hydrogens (primary N) is 1. The molecule has 0 saturated heterocycles. The maximum absolute atomic E-state index is 13.3. The van der Waals surface area contributed by atoms with Crippen molar-refractivity contribution in [3.05, 3.63) is 34.9 Å². The van der Waals surface area contributed by atoms with Crippen LogP contribution in [0.5, 0.6) is 0 Å². The summed E-state index contributed by atoms with van der Waals surface area (Å²) in [6, 6.07) is 2.17. The van der Waals surface area contributed by atoms with Gasteiger partial charge in [0.1, 0.15) is 5.54 Å². The van der Waals surface area contributed by atoms with Crippen molar-refractivity contribution in [3.63, 3.8) is 0 Å². The van der Waals surface area contributed by atoms with E-state index in [-0.39, 0.29) is 6.42 Å². The van der Waals surface area contributed by atoms with Gasteiger partial charge in [-0.2, -0.15) is 26.3 Å². The molecule has 0 aliphatic carbocycles. The Labute approximate surface area is 134 Å². The zero-order valence-corrected chi connectivity index (χ0v) is 12.9. The number of carbonyl (C=O) groups is 1. The third kappa shape index (κ3) is 4.40. The van der Waals surface area contributed by atoms with Crippen LogP contribution in [0.4, 0.5) is 26.3 Å². The van der Waals surface area contributed by atoms with Crippen molar-refractivity contribution in [2.45, 2.75) is 50.5 Å². The molecule has 0 bridgehead atoms. The van der Waals surface area contributed by atoms with Gasteiger partial charge in [0.15, 0.2) is 0 Å². The fraction of sp³-hybridized carbons (Fsp3) is 0.533. The summed E-state index contributed by atoms with van der Waals surface area (Å²) in [5.74, 6) is -2.53. The Hall–Kier alpha value is -1.77. The van der Waals surface area contributed by atoms with Crippen molar-refractivity contribution < 1.29 is 36.2 Å². The van der Waals surface area contributed by atoms with Crippen LogP contribution in [0.1, 0.15) is 49.3 Å². The lowest BCUT2D eigenvalue weighted by atomic mass is 9.80. The van der Waals surface area contributed by atoms with Gasteiger partial charge in [-0.3, -0.25) is 4.79 Å². The van der Waals surface area contributed by atoms with Crippen molar-refractivity contribution in [2.24, 2.45) is 5.73 Å². The van der Waals surface area contributed by atoms with Crippen molar-refractivity contribution in [2.75, 3.05) is 0 Å². The summed E-state index contributed by atoms with van der Waals surface area (Å²) < 4.78 is 78.8. The van der Waals surface area contributed by atoms with E-state index in [4.69, 9.17) is 10.8 Å². The molecule has 9 heteroatoms. The summed E-state index contributed by atoms with van der Waals surface area (Å²) in [5, 5.41) is 9.02. The maximum Gasteiger partial charge on any atom is 0.417 e. The van der Waals surface area contributed by atoms with Crippen LogP contribution < -0.4 is 5.73 Å². The minimum atomic E-state index is -5.23. The van der Waals surface area contributed by atoms with Crippen LogP contribution in [-0.2, 0) is 17.1 Å². The van der Waals surface area contributed by atoms with Gasteiger partial charge in [-0.05, 0) is 37.3 Å². The molecule has 3 nitrogen and oxygen atoms in total. The zero-order valence-electron chi connectivity index (χ0n) is 12.9. The molecule has 0 saturated carbocycles. The van der Waals surface area contributed by atoms with E-state index in [9.17, 15) is 31.1 Å². The zero-order chi connectivity index (χ0) is 18.9. The molecule has 1 rings (SSSR count). The topological polar surface area (TPSA) is 63.3 Å². The van der Waals surface area contributed by atoms with Crippen LogP contribution in [0.3, 0.4) is 0 Å². The minimum absolute atomic E-state index is 0.00443. The average molecular weight is 357 g/mol. The van der Waals surface area contributed by atoms with Gasteiger partial charge in [0.25, 0.3) is 0 Å². The summed E-state index contributed by atoms with van der Waals surface area (Å²) in [4.78, 5) is 11.1. The van der Waals surface area contributed by atoms with E-state index in [1.807, 2.05) is 0 Å². The Kier molecular flexibility index (Phi) is 5.59. The minimum Gasteiger partial charge on any atom is -0.480 e. The molecule has 2 atom stereocenters. The third-order valence-electron chi connectivity index (χ3n) is 3.78. The van der Waals surface area contributed by atoms with Gasteiger partial charge in [0.05, 0.1) is 11.1 Å². The molecular weight excluding hydrogens is 340 g/mol. The Balaban J connectivity index is 3.54. The summed E-state index contributed by atoms with van der Waals surface area (Å²) in [5.41, 5.74) is -0.488. The lowest BCUT2D eigenvalue weighted by Crippen LogP contribution is -2.46. The van der Waals surface area contributed by atoms with Gasteiger partial charge in [-0.1, -0.05) is 19.1 Å². The normalized spacial score (nSPS) is 16.5. The van der Waals surface area contributed by atoms with E-state index in [1.165, 1.54) is 6.92 Å². The number of benzene rings is 1. The molecule has 0 spiro atoms. The van der Waals surface area contributed by atoms with Crippen molar-refractivity contribution in [1.29, 1.82) is 0 Å². The van der Waals surface area contributed by atoms with E-state index < -0.39 is 52.9 Å². The lowest BCUT2D eigenvalue weighted by Gasteiger charge is -2.28. The highest BCUT2D eigenvalue weighted by Gasteiger charge is 2.46. The van der Waals surface area contributed by atoms with Crippen LogP contribution in [0, 0.1) is 0 Å². The fourth-order valence-corrected chi connectivity index (χ4v) is 2.54. The smallest absolute Gasteiger partial charge is 0.417 e. The van der Waals surface area contributed by atoms with Crippen molar-refractivity contribution in [1.82, 2.24) is 0 Å². The highest BCUT2D eigenvalue weighted by molar-refractivity contribution is 5.78. The van der Waals surface area contributed by atoms with Gasteiger partial charge in [0.2, 0.25) is 0 Å². The van der Waals surface area contributed by atoms with Crippen LogP contribution in [0.15, 0.2) is 18.2 Å². The van der Waals surface area contributed by atoms with Crippen LogP contribution in [-0.4, -0.2) is 16.6 Å². The number of hydrogen-bond donors (Lipinski definition) is 2. The molecule has 136 valence electrons. The molecule has 0 aliphatic heterocycles. The summed E-state index contributed by atoms with van der Waals surface area (Å²) in [7, 11) is 0. The van der Waals surface area contributed by atoms with Gasteiger partial charge >= 0.3 is 18.3 Å². The first-order valence-corrected chi connectivity index (χ1v) is 7.01. The van der Waals surface area contributed by atoms with Gasteiger partial charge in [-0.25, -0.2) is 0 Å². The number of aliphatic carboxylic acids is 1. The monoisotopic (exact) mass is 357 g/mol. The van der Waals surface area contributed by atoms with Crippen molar-refractivity contribution in [3.8, 4) is 0 Å². The van der Waals surface area contributed by atoms with Crippen molar-refractivity contribution >= 4 is 5.97 Å². The van der Waals surface area contributed by atoms with Gasteiger partial charge < -0.3 is 10.8 Å². The van der Waals surface area contributed by atoms with E-state index in [0.29, 0.717) is 6.07 Å². The third-order valence-corrected chi connectivity index (χ3v) is 3.78. The first kappa shape index (κ1) is 20.3. The molecule has 0 amide bonds. The quantitative estimate of drug-likeness (QED) is 0.768. The molecule has 0 radical (unpaired) electrons. The lowest BCUT2D eigenvalue weighted by molar-refractivity contribution is -0.162. The number of rotatable bonds is 5. The van der Waals surface area contributed by atoms with E-state index in [2.05, 4.69) is 0 Å². The van der Waals surface area contributed by atoms with E-state index in [1.54, 1.807) is 0 Å². The SMILES string of the molecule is CCC(CC(C)(N)C(=O)O)c1cccc(C(F)(F)F)c1C(F)(F)F. The Morgan fingerprint density at radius 3 is 2.08 bits per heavy atom. The Morgan fingerprint density at radius 2 is 1.71 bits per heavy atom. The van der Waals surface area contributed by atoms with Gasteiger partial charge in [0, 0.05) is 0 Å². The largest absolute Gasteiger partial charge is 0.480 e. The summed E-state index contributed by atoms with van der Waals surface area (Å²) >= 11 is 0. The second kappa shape index (κ2) is 6.62. The summed E-state index contributed by atoms with van der Waals surface area (Å²) in [6.45, 7) is 2.57. The van der Waals surface area contributed by atoms with Crippen LogP contribution >= 0.6 is 0 Å². The van der Waals surface area contributed by atoms with Crippen LogP contribution in [0.25, 0.3) is 0 Å². The van der Waals surface area contributed by atoms with E-state index >= 15 is 0 Å². The summed E-state index contributed by atoms with van der Waals surface area (Å²) in [6.07, 6.45) is -10.8. The Bertz CT molecular complexity index is 607. The first-order chi connectivity index (χ1) is 10.7. The molecule has 3 N–H and O–H groups in total. The number of alkyl halides is 6. The van der Waals surface area contributed by atoms with Gasteiger partial charge in [-0.15, -0.1) is 0 Å². The maximum atomic E-state index is 13.3. The predicted octanol–water partition coefficient (Wildman–Crippen LogP) is 4.41. The molecule has 0 heterocycles. The molecule has 0 aliphatic rings. The molecular formula is C15H17F6NO2. The number of carboxylic acids is 1. The second-order valence-corrected chi connectivity index (χ2v) is 5.80. The standard InChI is InChI=1S/C15H17F6NO2/c1-3-8(7-13(2,22)12(23)24)9-5-4-6-10(14(16,17)18)11(9)15(19,20)21/h4-6,8H,3,7,22H2,1-2H3,(H,23,24). The molecule has 0 fully saturated rings. The molecule has 2 unspecified atom stereocenters. The second-order valence-electron chi connectivity index (χ2n) is 5.80. The molecule has 0 aromatic heterocycles. The molecule has 24 heavy (non-hydrogen) atoms. The van der Waals surface area contributed by atoms with Crippen LogP contribution in [0.2, 0.25) is 0 Å². The number of halogens is 6. The van der Waals surface area contributed by atoms with E-state index in [0.717, 1.165) is 19.1 Å². The first-order valence-electron chi connectivity index (χ1n) is 7.01. The number of hydrogen-bond acceptors (Lipinski definition) is 2. The fourth-order valence-electron chi connectivity index (χ4n) is 2.54. The average Bonchev–Trinajstić information content (AvgIpc) is 2.42.